The molecule has 0 heterocycles. The van der Waals surface area contributed by atoms with Gasteiger partial charge in [-0.25, -0.2) is 0 Å². The lowest BCUT2D eigenvalue weighted by molar-refractivity contribution is 0.413. The molecule has 0 aliphatic carbocycles. The first-order valence-electron chi connectivity index (χ1n) is 5.51. The van der Waals surface area contributed by atoms with Crippen LogP contribution in [-0.4, -0.2) is 30.2 Å². The number of benzene rings is 1. The maximum atomic E-state index is 11.9. The van der Waals surface area contributed by atoms with Gasteiger partial charge in [0.15, 0.2) is 0 Å². The highest BCUT2D eigenvalue weighted by molar-refractivity contribution is 7.85. The minimum Gasteiger partial charge on any atom is -0.497 e. The van der Waals surface area contributed by atoms with E-state index in [4.69, 9.17) is 4.74 Å². The Kier molecular flexibility index (Phi) is 6.11. The monoisotopic (exact) mass is 241 g/mol. The van der Waals surface area contributed by atoms with Gasteiger partial charge in [0.2, 0.25) is 0 Å². The Morgan fingerprint density at radius 1 is 1.44 bits per heavy atom. The van der Waals surface area contributed by atoms with Gasteiger partial charge in [0.1, 0.15) is 5.75 Å². The van der Waals surface area contributed by atoms with Crippen LogP contribution in [-0.2, 0) is 10.8 Å². The molecule has 1 aromatic rings. The Balaban J connectivity index is 2.46. The molecule has 0 aliphatic rings. The third kappa shape index (κ3) is 4.33. The minimum absolute atomic E-state index is 0.695. The summed E-state index contributed by atoms with van der Waals surface area (Å²) >= 11 is 0. The predicted octanol–water partition coefficient (Wildman–Crippen LogP) is 1.80. The number of ether oxygens (including phenoxy) is 1. The van der Waals surface area contributed by atoms with Crippen LogP contribution in [0.15, 0.2) is 29.2 Å². The standard InChI is InChI=1S/C12H19NO2S/c1-3-13-8-5-9-16(14)12-7-4-6-11(10-12)15-2/h4,6-7,10,13H,3,5,8-9H2,1-2H3. The molecule has 1 rings (SSSR count). The van der Waals surface area contributed by atoms with E-state index in [1.165, 1.54) is 0 Å². The molecule has 4 heteroatoms. The molecule has 1 aromatic carbocycles. The molecule has 1 N–H and O–H groups in total. The van der Waals surface area contributed by atoms with Gasteiger partial charge in [-0.1, -0.05) is 13.0 Å². The molecular weight excluding hydrogens is 222 g/mol. The van der Waals surface area contributed by atoms with Gasteiger partial charge in [-0.2, -0.15) is 0 Å². The van der Waals surface area contributed by atoms with Crippen molar-refractivity contribution in [2.45, 2.75) is 18.2 Å². The van der Waals surface area contributed by atoms with Crippen LogP contribution < -0.4 is 10.1 Å². The first-order chi connectivity index (χ1) is 7.77. The zero-order chi connectivity index (χ0) is 11.8. The fourth-order valence-corrected chi connectivity index (χ4v) is 2.49. The van der Waals surface area contributed by atoms with Crippen molar-refractivity contribution in [1.29, 1.82) is 0 Å². The van der Waals surface area contributed by atoms with Crippen LogP contribution in [0.5, 0.6) is 5.75 Å². The molecule has 0 fully saturated rings. The third-order valence-corrected chi connectivity index (χ3v) is 3.68. The van der Waals surface area contributed by atoms with Gasteiger partial charge in [-0.15, -0.1) is 0 Å². The van der Waals surface area contributed by atoms with E-state index in [2.05, 4.69) is 12.2 Å². The molecule has 0 saturated heterocycles. The van der Waals surface area contributed by atoms with Crippen molar-refractivity contribution in [2.24, 2.45) is 0 Å². The van der Waals surface area contributed by atoms with Crippen molar-refractivity contribution in [1.82, 2.24) is 5.32 Å². The summed E-state index contributed by atoms with van der Waals surface area (Å²) in [6.45, 7) is 3.96. The molecule has 1 unspecified atom stereocenters. The Morgan fingerprint density at radius 3 is 2.94 bits per heavy atom. The topological polar surface area (TPSA) is 38.3 Å². The van der Waals surface area contributed by atoms with Crippen LogP contribution in [0.4, 0.5) is 0 Å². The van der Waals surface area contributed by atoms with Gasteiger partial charge in [0.25, 0.3) is 0 Å². The second-order valence-electron chi connectivity index (χ2n) is 3.44. The molecule has 0 amide bonds. The predicted molar refractivity (Wildman–Crippen MR) is 67.4 cm³/mol. The first-order valence-corrected chi connectivity index (χ1v) is 6.83. The van der Waals surface area contributed by atoms with E-state index in [9.17, 15) is 4.21 Å². The van der Waals surface area contributed by atoms with E-state index in [1.54, 1.807) is 7.11 Å². The highest BCUT2D eigenvalue weighted by Crippen LogP contribution is 2.15. The number of hydrogen-bond acceptors (Lipinski definition) is 3. The summed E-state index contributed by atoms with van der Waals surface area (Å²) in [5, 5.41) is 3.22. The first kappa shape index (κ1) is 13.2. The van der Waals surface area contributed by atoms with Crippen LogP contribution in [0, 0.1) is 0 Å². The largest absolute Gasteiger partial charge is 0.497 e. The SMILES string of the molecule is CCNCCCS(=O)c1cccc(OC)c1. The lowest BCUT2D eigenvalue weighted by Gasteiger charge is -2.05. The lowest BCUT2D eigenvalue weighted by atomic mass is 10.3. The van der Waals surface area contributed by atoms with Gasteiger partial charge < -0.3 is 10.1 Å². The number of nitrogens with one attached hydrogen (secondary N) is 1. The van der Waals surface area contributed by atoms with Crippen LogP contribution in [0.2, 0.25) is 0 Å². The van der Waals surface area contributed by atoms with Crippen molar-refractivity contribution < 1.29 is 8.95 Å². The smallest absolute Gasteiger partial charge is 0.120 e. The van der Waals surface area contributed by atoms with Gasteiger partial charge in [-0.3, -0.25) is 4.21 Å². The maximum absolute atomic E-state index is 11.9. The van der Waals surface area contributed by atoms with E-state index < -0.39 is 10.8 Å². The van der Waals surface area contributed by atoms with Crippen molar-refractivity contribution in [3.05, 3.63) is 24.3 Å². The minimum atomic E-state index is -0.919. The van der Waals surface area contributed by atoms with Crippen LogP contribution >= 0.6 is 0 Å². The summed E-state index contributed by atoms with van der Waals surface area (Å²) in [4.78, 5) is 0.843. The average molecular weight is 241 g/mol. The molecule has 0 radical (unpaired) electrons. The van der Waals surface area contributed by atoms with Gasteiger partial charge in [0, 0.05) is 10.6 Å². The Bertz CT molecular complexity index is 342. The highest BCUT2D eigenvalue weighted by Gasteiger charge is 2.04. The number of methoxy groups -OCH3 is 1. The Labute approximate surface area is 99.7 Å². The van der Waals surface area contributed by atoms with Crippen molar-refractivity contribution in [2.75, 3.05) is 26.0 Å². The molecular formula is C12H19NO2S. The van der Waals surface area contributed by atoms with Gasteiger partial charge in [-0.05, 0) is 37.7 Å². The zero-order valence-corrected chi connectivity index (χ0v) is 10.7. The Hall–Kier alpha value is -0.870. The van der Waals surface area contributed by atoms with Crippen LogP contribution in [0.3, 0.4) is 0 Å². The average Bonchev–Trinajstić information content (AvgIpc) is 2.34. The summed E-state index contributed by atoms with van der Waals surface area (Å²) in [6.07, 6.45) is 0.928. The molecule has 3 nitrogen and oxygen atoms in total. The molecule has 0 bridgehead atoms. The quantitative estimate of drug-likeness (QED) is 0.740. The second-order valence-corrected chi connectivity index (χ2v) is 5.01. The summed E-state index contributed by atoms with van der Waals surface area (Å²) in [6, 6.07) is 7.45. The molecule has 0 spiro atoms. The fraction of sp³-hybridized carbons (Fsp3) is 0.500. The van der Waals surface area contributed by atoms with Crippen molar-refractivity contribution in [3.63, 3.8) is 0 Å². The normalized spacial score (nSPS) is 12.4. The van der Waals surface area contributed by atoms with E-state index in [0.717, 1.165) is 30.2 Å². The molecule has 1 atom stereocenters. The van der Waals surface area contributed by atoms with Crippen LogP contribution in [0.1, 0.15) is 13.3 Å². The molecule has 0 saturated carbocycles. The van der Waals surface area contributed by atoms with Crippen LogP contribution in [0.25, 0.3) is 0 Å². The zero-order valence-electron chi connectivity index (χ0n) is 9.86. The summed E-state index contributed by atoms with van der Waals surface area (Å²) in [5.74, 6) is 1.46. The fourth-order valence-electron chi connectivity index (χ4n) is 1.37. The van der Waals surface area contributed by atoms with E-state index in [0.29, 0.717) is 5.75 Å². The van der Waals surface area contributed by atoms with E-state index in [-0.39, 0.29) is 0 Å². The highest BCUT2D eigenvalue weighted by atomic mass is 32.2. The molecule has 0 aliphatic heterocycles. The summed E-state index contributed by atoms with van der Waals surface area (Å²) in [7, 11) is 0.699. The van der Waals surface area contributed by atoms with Crippen molar-refractivity contribution >= 4 is 10.8 Å². The molecule has 90 valence electrons. The summed E-state index contributed by atoms with van der Waals surface area (Å²) in [5.41, 5.74) is 0. The molecule has 16 heavy (non-hydrogen) atoms. The second kappa shape index (κ2) is 7.41. The van der Waals surface area contributed by atoms with Gasteiger partial charge in [0.05, 0.1) is 17.9 Å². The Morgan fingerprint density at radius 2 is 2.25 bits per heavy atom. The maximum Gasteiger partial charge on any atom is 0.120 e. The summed E-state index contributed by atoms with van der Waals surface area (Å²) < 4.78 is 17.0. The van der Waals surface area contributed by atoms with E-state index >= 15 is 0 Å². The van der Waals surface area contributed by atoms with Gasteiger partial charge >= 0.3 is 0 Å². The molecule has 0 aromatic heterocycles. The number of hydrogen-bond donors (Lipinski definition) is 1. The van der Waals surface area contributed by atoms with E-state index in [1.807, 2.05) is 24.3 Å². The van der Waals surface area contributed by atoms with Crippen molar-refractivity contribution in [3.8, 4) is 5.75 Å². The lowest BCUT2D eigenvalue weighted by Crippen LogP contribution is -2.16. The number of rotatable bonds is 7. The third-order valence-electron chi connectivity index (χ3n) is 2.24.